The number of aromatic hydroxyl groups is 1. The molecule has 6 nitrogen and oxygen atoms in total. The van der Waals surface area contributed by atoms with Crippen molar-refractivity contribution in [1.82, 2.24) is 19.7 Å². The van der Waals surface area contributed by atoms with Crippen molar-refractivity contribution in [3.63, 3.8) is 0 Å². The minimum absolute atomic E-state index is 0.208. The third-order valence-corrected chi connectivity index (χ3v) is 4.97. The molecule has 1 aliphatic rings. The standard InChI is InChI=1S/C19H26N4O2/c1-19(2,11-15-3-5-17(24)6-4-15)18(25)22-9-7-16(8-10-22)12-23-14-20-13-21-23/h3-6,13-14,16,24H,7-12H2,1-2H3. The maximum atomic E-state index is 13.0. The molecule has 1 amide bonds. The highest BCUT2D eigenvalue weighted by Gasteiger charge is 2.34. The molecule has 0 bridgehead atoms. The number of piperidine rings is 1. The van der Waals surface area contributed by atoms with Crippen LogP contribution in [0.15, 0.2) is 36.9 Å². The van der Waals surface area contributed by atoms with E-state index in [9.17, 15) is 9.90 Å². The molecule has 1 aromatic heterocycles. The zero-order valence-corrected chi connectivity index (χ0v) is 14.9. The van der Waals surface area contributed by atoms with Crippen LogP contribution in [-0.4, -0.2) is 43.8 Å². The monoisotopic (exact) mass is 342 g/mol. The molecule has 0 unspecified atom stereocenters. The molecule has 2 aromatic rings. The van der Waals surface area contributed by atoms with Crippen molar-refractivity contribution in [3.8, 4) is 5.75 Å². The minimum atomic E-state index is -0.449. The van der Waals surface area contributed by atoms with E-state index in [-0.39, 0.29) is 11.7 Å². The topological polar surface area (TPSA) is 71.2 Å². The maximum Gasteiger partial charge on any atom is 0.228 e. The normalized spacial score (nSPS) is 16.2. The Balaban J connectivity index is 1.54. The first kappa shape index (κ1) is 17.5. The summed E-state index contributed by atoms with van der Waals surface area (Å²) in [7, 11) is 0. The summed E-state index contributed by atoms with van der Waals surface area (Å²) in [6.45, 7) is 6.49. The number of carbonyl (C=O) groups excluding carboxylic acids is 1. The van der Waals surface area contributed by atoms with E-state index in [1.165, 1.54) is 0 Å². The van der Waals surface area contributed by atoms with Gasteiger partial charge in [0.15, 0.2) is 0 Å². The van der Waals surface area contributed by atoms with Gasteiger partial charge in [-0.15, -0.1) is 0 Å². The second-order valence-electron chi connectivity index (χ2n) is 7.58. The smallest absolute Gasteiger partial charge is 0.228 e. The van der Waals surface area contributed by atoms with E-state index in [1.807, 2.05) is 35.6 Å². The summed E-state index contributed by atoms with van der Waals surface area (Å²) < 4.78 is 1.87. The lowest BCUT2D eigenvalue weighted by molar-refractivity contribution is -0.141. The average molecular weight is 342 g/mol. The van der Waals surface area contributed by atoms with E-state index in [2.05, 4.69) is 10.1 Å². The summed E-state index contributed by atoms with van der Waals surface area (Å²) in [6, 6.07) is 7.11. The van der Waals surface area contributed by atoms with E-state index >= 15 is 0 Å². The van der Waals surface area contributed by atoms with Crippen LogP contribution in [0.2, 0.25) is 0 Å². The Labute approximate surface area is 148 Å². The van der Waals surface area contributed by atoms with Gasteiger partial charge in [0.05, 0.1) is 0 Å². The highest BCUT2D eigenvalue weighted by atomic mass is 16.3. The van der Waals surface area contributed by atoms with E-state index in [4.69, 9.17) is 0 Å². The largest absolute Gasteiger partial charge is 0.508 e. The molecule has 0 atom stereocenters. The van der Waals surface area contributed by atoms with Crippen LogP contribution in [0.4, 0.5) is 0 Å². The first-order valence-corrected chi connectivity index (χ1v) is 8.84. The predicted molar refractivity (Wildman–Crippen MR) is 94.9 cm³/mol. The molecule has 3 rings (SSSR count). The van der Waals surface area contributed by atoms with Gasteiger partial charge in [-0.2, -0.15) is 5.10 Å². The van der Waals surface area contributed by atoms with Crippen LogP contribution in [0.25, 0.3) is 0 Å². The number of phenolic OH excluding ortho intramolecular Hbond substituents is 1. The molecule has 1 N–H and O–H groups in total. The van der Waals surface area contributed by atoms with Gasteiger partial charge >= 0.3 is 0 Å². The molecule has 2 heterocycles. The Morgan fingerprint density at radius 1 is 1.24 bits per heavy atom. The maximum absolute atomic E-state index is 13.0. The lowest BCUT2D eigenvalue weighted by atomic mass is 9.83. The van der Waals surface area contributed by atoms with Gasteiger partial charge in [-0.3, -0.25) is 9.48 Å². The Kier molecular flexibility index (Phi) is 5.06. The SMILES string of the molecule is CC(C)(Cc1ccc(O)cc1)C(=O)N1CCC(Cn2cncn2)CC1. The second kappa shape index (κ2) is 7.25. The summed E-state index contributed by atoms with van der Waals surface area (Å²) in [5.41, 5.74) is 0.618. The average Bonchev–Trinajstić information content (AvgIpc) is 3.10. The molecule has 0 saturated carbocycles. The number of phenols is 1. The number of benzene rings is 1. The molecule has 0 spiro atoms. The Morgan fingerprint density at radius 2 is 1.92 bits per heavy atom. The number of hydrogen-bond donors (Lipinski definition) is 1. The van der Waals surface area contributed by atoms with Crippen LogP contribution >= 0.6 is 0 Å². The first-order chi connectivity index (χ1) is 11.9. The quantitative estimate of drug-likeness (QED) is 0.906. The molecular weight excluding hydrogens is 316 g/mol. The lowest BCUT2D eigenvalue weighted by Gasteiger charge is -2.37. The molecule has 1 fully saturated rings. The van der Waals surface area contributed by atoms with Gasteiger partial charge in [-0.1, -0.05) is 26.0 Å². The van der Waals surface area contributed by atoms with Gasteiger partial charge in [0.1, 0.15) is 18.4 Å². The number of amides is 1. The Bertz CT molecular complexity index is 687. The molecule has 0 radical (unpaired) electrons. The number of nitrogens with zero attached hydrogens (tertiary/aromatic N) is 4. The van der Waals surface area contributed by atoms with Crippen LogP contribution in [-0.2, 0) is 17.8 Å². The molecule has 25 heavy (non-hydrogen) atoms. The first-order valence-electron chi connectivity index (χ1n) is 8.84. The molecule has 134 valence electrons. The zero-order valence-electron chi connectivity index (χ0n) is 14.9. The van der Waals surface area contributed by atoms with Gasteiger partial charge in [0.25, 0.3) is 0 Å². The van der Waals surface area contributed by atoms with E-state index in [0.29, 0.717) is 12.3 Å². The van der Waals surface area contributed by atoms with Gasteiger partial charge in [-0.05, 0) is 42.9 Å². The van der Waals surface area contributed by atoms with Gasteiger partial charge in [-0.25, -0.2) is 4.98 Å². The van der Waals surface area contributed by atoms with Gasteiger partial charge in [0.2, 0.25) is 5.91 Å². The summed E-state index contributed by atoms with van der Waals surface area (Å²) in [6.07, 6.45) is 5.98. The van der Waals surface area contributed by atoms with Crippen LogP contribution < -0.4 is 0 Å². The van der Waals surface area contributed by atoms with Crippen molar-refractivity contribution in [1.29, 1.82) is 0 Å². The van der Waals surface area contributed by atoms with Gasteiger partial charge in [0, 0.05) is 25.0 Å². The predicted octanol–water partition coefficient (Wildman–Crippen LogP) is 2.49. The number of hydrogen-bond acceptors (Lipinski definition) is 4. The highest BCUT2D eigenvalue weighted by molar-refractivity contribution is 5.82. The van der Waals surface area contributed by atoms with Crippen molar-refractivity contribution in [2.24, 2.45) is 11.3 Å². The van der Waals surface area contributed by atoms with Crippen molar-refractivity contribution in [3.05, 3.63) is 42.5 Å². The van der Waals surface area contributed by atoms with E-state index < -0.39 is 5.41 Å². The second-order valence-corrected chi connectivity index (χ2v) is 7.58. The summed E-state index contributed by atoms with van der Waals surface area (Å²) in [4.78, 5) is 18.9. The zero-order chi connectivity index (χ0) is 17.9. The number of likely N-dealkylation sites (tertiary alicyclic amines) is 1. The molecule has 6 heteroatoms. The fourth-order valence-electron chi connectivity index (χ4n) is 3.54. The third kappa shape index (κ3) is 4.38. The van der Waals surface area contributed by atoms with Crippen LogP contribution in [0.1, 0.15) is 32.3 Å². The van der Waals surface area contributed by atoms with Crippen LogP contribution in [0.5, 0.6) is 5.75 Å². The van der Waals surface area contributed by atoms with Crippen LogP contribution in [0, 0.1) is 11.3 Å². The molecule has 1 aromatic carbocycles. The minimum Gasteiger partial charge on any atom is -0.508 e. The summed E-state index contributed by atoms with van der Waals surface area (Å²) in [5, 5.41) is 13.6. The molecule has 1 aliphatic heterocycles. The fraction of sp³-hybridized carbons (Fsp3) is 0.526. The Hall–Kier alpha value is -2.37. The number of carbonyl (C=O) groups is 1. The third-order valence-electron chi connectivity index (χ3n) is 4.97. The van der Waals surface area contributed by atoms with Gasteiger partial charge < -0.3 is 10.0 Å². The molecular formula is C19H26N4O2. The van der Waals surface area contributed by atoms with Crippen LogP contribution in [0.3, 0.4) is 0 Å². The number of aromatic nitrogens is 3. The molecule has 0 aliphatic carbocycles. The Morgan fingerprint density at radius 3 is 2.52 bits per heavy atom. The highest BCUT2D eigenvalue weighted by Crippen LogP contribution is 2.28. The van der Waals surface area contributed by atoms with Crippen molar-refractivity contribution >= 4 is 5.91 Å². The van der Waals surface area contributed by atoms with Crippen molar-refractivity contribution < 1.29 is 9.90 Å². The number of rotatable bonds is 5. The van der Waals surface area contributed by atoms with E-state index in [0.717, 1.165) is 38.0 Å². The summed E-state index contributed by atoms with van der Waals surface area (Å²) >= 11 is 0. The molecule has 1 saturated heterocycles. The van der Waals surface area contributed by atoms with Crippen molar-refractivity contribution in [2.45, 2.75) is 39.7 Å². The van der Waals surface area contributed by atoms with Crippen molar-refractivity contribution in [2.75, 3.05) is 13.1 Å². The lowest BCUT2D eigenvalue weighted by Crippen LogP contribution is -2.46. The van der Waals surface area contributed by atoms with E-state index in [1.54, 1.807) is 24.8 Å². The summed E-state index contributed by atoms with van der Waals surface area (Å²) in [5.74, 6) is 1.01. The fourth-order valence-corrected chi connectivity index (χ4v) is 3.54.